The summed E-state index contributed by atoms with van der Waals surface area (Å²) in [6, 6.07) is 6.56. The maximum absolute atomic E-state index is 13.7. The summed E-state index contributed by atoms with van der Waals surface area (Å²) in [5, 5.41) is 9.76. The van der Waals surface area contributed by atoms with Gasteiger partial charge in [-0.1, -0.05) is 23.5 Å². The first kappa shape index (κ1) is 24.0. The number of aromatic nitrogens is 1. The summed E-state index contributed by atoms with van der Waals surface area (Å²) in [5.41, 5.74) is 0.305. The van der Waals surface area contributed by atoms with Crippen LogP contribution in [-0.4, -0.2) is 39.0 Å². The van der Waals surface area contributed by atoms with Gasteiger partial charge in [-0.3, -0.25) is 24.2 Å². The Bertz CT molecular complexity index is 1480. The number of thiazole rings is 1. The van der Waals surface area contributed by atoms with Crippen LogP contribution in [0.3, 0.4) is 0 Å². The molecule has 3 aromatic rings. The molecule has 188 valence electrons. The van der Waals surface area contributed by atoms with Crippen LogP contribution in [0.4, 0.5) is 23.7 Å². The van der Waals surface area contributed by atoms with Gasteiger partial charge >= 0.3 is 23.0 Å². The number of aliphatic carboxylic acids is 1. The second-order valence-electron chi connectivity index (χ2n) is 8.85. The topological polar surface area (TPSA) is 99.9 Å². The molecule has 2 heterocycles. The first-order valence-corrected chi connectivity index (χ1v) is 12.0. The Morgan fingerprint density at radius 1 is 1.14 bits per heavy atom. The minimum absolute atomic E-state index is 0.0151. The van der Waals surface area contributed by atoms with Gasteiger partial charge in [-0.2, -0.15) is 13.2 Å². The van der Waals surface area contributed by atoms with Crippen LogP contribution in [-0.2, 0) is 29.2 Å². The number of alkyl halides is 3. The lowest BCUT2D eigenvalue weighted by molar-refractivity contribution is -0.151. The third-order valence-electron chi connectivity index (χ3n) is 6.82. The number of carbonyl (C=O) groups is 3. The fourth-order valence-electron chi connectivity index (χ4n) is 5.07. The van der Waals surface area contributed by atoms with Crippen molar-refractivity contribution in [1.82, 2.24) is 9.47 Å². The molecule has 1 aromatic heterocycles. The minimum Gasteiger partial charge on any atom is -0.481 e. The van der Waals surface area contributed by atoms with Crippen molar-refractivity contribution in [3.8, 4) is 0 Å². The summed E-state index contributed by atoms with van der Waals surface area (Å²) >= 11 is 0.955. The maximum Gasteiger partial charge on any atom is 0.416 e. The highest BCUT2D eigenvalue weighted by Crippen LogP contribution is 2.43. The Morgan fingerprint density at radius 2 is 1.89 bits per heavy atom. The van der Waals surface area contributed by atoms with Crippen LogP contribution >= 0.6 is 11.3 Å². The molecule has 0 bridgehead atoms. The number of hydrogen-bond acceptors (Lipinski definition) is 5. The van der Waals surface area contributed by atoms with Crippen LogP contribution in [0.25, 0.3) is 10.2 Å². The van der Waals surface area contributed by atoms with E-state index in [4.69, 9.17) is 0 Å². The number of rotatable bonds is 3. The van der Waals surface area contributed by atoms with E-state index < -0.39 is 48.2 Å². The highest BCUT2D eigenvalue weighted by atomic mass is 32.1. The lowest BCUT2D eigenvalue weighted by atomic mass is 9.83. The first-order valence-electron chi connectivity index (χ1n) is 11.1. The third-order valence-corrected chi connectivity index (χ3v) is 7.81. The van der Waals surface area contributed by atoms with Gasteiger partial charge in [0.15, 0.2) is 5.92 Å². The average Bonchev–Trinajstić information content (AvgIpc) is 3.10. The molecular weight excluding hydrogens is 499 g/mol. The third kappa shape index (κ3) is 3.76. The van der Waals surface area contributed by atoms with E-state index in [1.165, 1.54) is 16.7 Å². The van der Waals surface area contributed by atoms with Gasteiger partial charge in [0.1, 0.15) is 0 Å². The van der Waals surface area contributed by atoms with E-state index in [0.29, 0.717) is 16.6 Å². The zero-order valence-corrected chi connectivity index (χ0v) is 19.7. The van der Waals surface area contributed by atoms with Crippen LogP contribution in [0.5, 0.6) is 0 Å². The van der Waals surface area contributed by atoms with Crippen LogP contribution in [0, 0.1) is 5.92 Å². The summed E-state index contributed by atoms with van der Waals surface area (Å²) in [4.78, 5) is 52.7. The maximum atomic E-state index is 13.7. The molecule has 1 unspecified atom stereocenters. The summed E-state index contributed by atoms with van der Waals surface area (Å²) in [6.07, 6.45) is -3.96. The Hall–Kier alpha value is -3.67. The molecule has 3 amide bonds. The predicted molar refractivity (Wildman–Crippen MR) is 125 cm³/mol. The molecule has 36 heavy (non-hydrogen) atoms. The van der Waals surface area contributed by atoms with Gasteiger partial charge in [-0.05, 0) is 54.7 Å². The lowest BCUT2D eigenvalue weighted by Gasteiger charge is -2.42. The molecule has 1 aliphatic heterocycles. The molecule has 1 aliphatic carbocycles. The van der Waals surface area contributed by atoms with Crippen molar-refractivity contribution >= 4 is 45.1 Å². The number of benzene rings is 2. The highest BCUT2D eigenvalue weighted by Gasteiger charge is 2.48. The van der Waals surface area contributed by atoms with Crippen LogP contribution in [0.1, 0.15) is 35.6 Å². The Morgan fingerprint density at radius 3 is 2.58 bits per heavy atom. The molecule has 0 saturated carbocycles. The number of urea groups is 1. The van der Waals surface area contributed by atoms with Crippen molar-refractivity contribution in [3.05, 3.63) is 62.8 Å². The standard InChI is InChI=1S/C24H20F3N3O5S/c1-28-18-9-8-12(10-19(18)36-23(28)35)29-11-15(21(32)33)20(31)30(22(29)34)17-7-3-4-13-14(17)5-2-6-16(13)24(25,26)27/h2,5-6,8-10,15,17H,3-4,7,11H2,1H3,(H,32,33)/t15?,17-/m1/s1. The summed E-state index contributed by atoms with van der Waals surface area (Å²) in [5.74, 6) is -3.98. The molecule has 1 fully saturated rings. The zero-order valence-electron chi connectivity index (χ0n) is 18.9. The predicted octanol–water partition coefficient (Wildman–Crippen LogP) is 4.17. The van der Waals surface area contributed by atoms with Crippen molar-refractivity contribution in [2.75, 3.05) is 11.4 Å². The molecule has 1 N–H and O–H groups in total. The number of carboxylic acids is 1. The largest absolute Gasteiger partial charge is 0.481 e. The second kappa shape index (κ2) is 8.47. The van der Waals surface area contributed by atoms with E-state index in [-0.39, 0.29) is 34.5 Å². The summed E-state index contributed by atoms with van der Waals surface area (Å²) in [7, 11) is 1.60. The van der Waals surface area contributed by atoms with Gasteiger partial charge in [-0.15, -0.1) is 0 Å². The molecule has 1 saturated heterocycles. The quantitative estimate of drug-likeness (QED) is 0.524. The number of nitrogens with zero attached hydrogens (tertiary/aromatic N) is 3. The van der Waals surface area contributed by atoms with E-state index in [1.807, 2.05) is 0 Å². The van der Waals surface area contributed by atoms with Crippen molar-refractivity contribution in [2.24, 2.45) is 13.0 Å². The molecule has 2 aliphatic rings. The van der Waals surface area contributed by atoms with Gasteiger partial charge in [0.05, 0.1) is 21.8 Å². The molecular formula is C24H20F3N3O5S. The van der Waals surface area contributed by atoms with E-state index in [2.05, 4.69) is 0 Å². The molecule has 8 nitrogen and oxygen atoms in total. The van der Waals surface area contributed by atoms with Crippen molar-refractivity contribution in [1.29, 1.82) is 0 Å². The number of amides is 3. The number of halogens is 3. The molecule has 12 heteroatoms. The number of carbonyl (C=O) groups excluding carboxylic acids is 2. The Labute approximate surface area is 206 Å². The van der Waals surface area contributed by atoms with Gasteiger partial charge < -0.3 is 9.67 Å². The van der Waals surface area contributed by atoms with Gasteiger partial charge in [0.25, 0.3) is 0 Å². The highest BCUT2D eigenvalue weighted by molar-refractivity contribution is 7.16. The van der Waals surface area contributed by atoms with Gasteiger partial charge in [0.2, 0.25) is 5.91 Å². The summed E-state index contributed by atoms with van der Waals surface area (Å²) < 4.78 is 43.0. The van der Waals surface area contributed by atoms with E-state index in [1.54, 1.807) is 25.2 Å². The van der Waals surface area contributed by atoms with E-state index >= 15 is 0 Å². The molecule has 0 spiro atoms. The number of carboxylic acid groups (broad SMARTS) is 1. The van der Waals surface area contributed by atoms with Crippen LogP contribution < -0.4 is 9.77 Å². The SMILES string of the molecule is Cn1c(=O)sc2cc(N3CC(C(=O)O)C(=O)N([C@@H]4CCCc5c4cccc5C(F)(F)F)C3=O)ccc21. The van der Waals surface area contributed by atoms with Crippen molar-refractivity contribution in [2.45, 2.75) is 31.5 Å². The van der Waals surface area contributed by atoms with Crippen molar-refractivity contribution < 1.29 is 32.7 Å². The lowest BCUT2D eigenvalue weighted by Crippen LogP contribution is -2.60. The molecule has 0 radical (unpaired) electrons. The molecule has 2 aromatic carbocycles. The monoisotopic (exact) mass is 519 g/mol. The Kier molecular flexibility index (Phi) is 5.66. The fourth-order valence-corrected chi connectivity index (χ4v) is 5.98. The normalized spacial score (nSPS) is 20.7. The van der Waals surface area contributed by atoms with Gasteiger partial charge in [0, 0.05) is 19.3 Å². The number of aryl methyl sites for hydroxylation is 1. The van der Waals surface area contributed by atoms with Gasteiger partial charge in [-0.25, -0.2) is 4.79 Å². The van der Waals surface area contributed by atoms with Crippen LogP contribution in [0.15, 0.2) is 41.2 Å². The van der Waals surface area contributed by atoms with E-state index in [0.717, 1.165) is 27.2 Å². The van der Waals surface area contributed by atoms with E-state index in [9.17, 15) is 37.5 Å². The van der Waals surface area contributed by atoms with Crippen LogP contribution in [0.2, 0.25) is 0 Å². The molecule has 2 atom stereocenters. The number of imide groups is 1. The zero-order chi connectivity index (χ0) is 25.9. The molecule has 5 rings (SSSR count). The Balaban J connectivity index is 1.61. The number of anilines is 1. The number of hydrogen-bond donors (Lipinski definition) is 1. The smallest absolute Gasteiger partial charge is 0.416 e. The average molecular weight is 520 g/mol. The fraction of sp³-hybridized carbons (Fsp3) is 0.333. The second-order valence-corrected chi connectivity index (χ2v) is 9.84. The number of fused-ring (bicyclic) bond motifs is 2. The first-order chi connectivity index (χ1) is 17.0. The minimum atomic E-state index is -4.61. The van der Waals surface area contributed by atoms with Crippen molar-refractivity contribution in [3.63, 3.8) is 0 Å². The summed E-state index contributed by atoms with van der Waals surface area (Å²) in [6.45, 7) is -0.432.